The summed E-state index contributed by atoms with van der Waals surface area (Å²) in [7, 11) is 1.51. The summed E-state index contributed by atoms with van der Waals surface area (Å²) in [6.45, 7) is 1.50. The smallest absolute Gasteiger partial charge is 0.331 e. The maximum atomic E-state index is 12.2. The molecule has 0 saturated heterocycles. The molecule has 0 aliphatic carbocycles. The Morgan fingerprint density at radius 1 is 1.19 bits per heavy atom. The highest BCUT2D eigenvalue weighted by atomic mass is 35.5. The van der Waals surface area contributed by atoms with Gasteiger partial charge >= 0.3 is 5.97 Å². The zero-order valence-electron chi connectivity index (χ0n) is 15.2. The normalized spacial score (nSPS) is 11.9. The number of hydrogen-bond donors (Lipinski definition) is 1. The van der Waals surface area contributed by atoms with Gasteiger partial charge in [-0.3, -0.25) is 4.79 Å². The number of amides is 1. The second kappa shape index (κ2) is 10.0. The minimum atomic E-state index is -0.957. The second-order valence-corrected chi connectivity index (χ2v) is 6.81. The summed E-state index contributed by atoms with van der Waals surface area (Å²) in [5, 5.41) is 3.01. The molecule has 0 heterocycles. The van der Waals surface area contributed by atoms with Gasteiger partial charge in [0.2, 0.25) is 0 Å². The molecule has 2 aromatic carbocycles. The van der Waals surface area contributed by atoms with Gasteiger partial charge in [-0.1, -0.05) is 23.7 Å². The zero-order chi connectivity index (χ0) is 19.8. The third-order valence-electron chi connectivity index (χ3n) is 3.61. The minimum absolute atomic E-state index is 0.371. The number of carbonyl (C=O) groups excluding carboxylic acids is 2. The molecular weight excluding hydrogens is 386 g/mol. The van der Waals surface area contributed by atoms with Crippen molar-refractivity contribution in [3.05, 3.63) is 59.1 Å². The van der Waals surface area contributed by atoms with E-state index in [-0.39, 0.29) is 0 Å². The van der Waals surface area contributed by atoms with Crippen LogP contribution in [0.1, 0.15) is 12.5 Å². The van der Waals surface area contributed by atoms with Gasteiger partial charge in [0.05, 0.1) is 12.1 Å². The maximum Gasteiger partial charge on any atom is 0.331 e. The summed E-state index contributed by atoms with van der Waals surface area (Å²) in [6.07, 6.45) is 3.97. The van der Waals surface area contributed by atoms with Crippen molar-refractivity contribution < 1.29 is 19.1 Å². The molecule has 2 aromatic rings. The van der Waals surface area contributed by atoms with Gasteiger partial charge in [0, 0.05) is 16.7 Å². The van der Waals surface area contributed by atoms with E-state index in [1.54, 1.807) is 36.0 Å². The molecule has 0 spiro atoms. The highest BCUT2D eigenvalue weighted by Crippen LogP contribution is 2.27. The molecule has 7 heteroatoms. The fraction of sp³-hybridized carbons (Fsp3) is 0.200. The summed E-state index contributed by atoms with van der Waals surface area (Å²) in [5.74, 6) is -0.550. The van der Waals surface area contributed by atoms with Gasteiger partial charge in [0.25, 0.3) is 5.91 Å². The van der Waals surface area contributed by atoms with E-state index in [9.17, 15) is 9.59 Å². The fourth-order valence-corrected chi connectivity index (χ4v) is 2.80. The van der Waals surface area contributed by atoms with Crippen molar-refractivity contribution in [3.8, 4) is 5.75 Å². The van der Waals surface area contributed by atoms with E-state index in [4.69, 9.17) is 21.1 Å². The van der Waals surface area contributed by atoms with Crippen molar-refractivity contribution in [1.29, 1.82) is 0 Å². The van der Waals surface area contributed by atoms with E-state index in [1.165, 1.54) is 20.1 Å². The highest BCUT2D eigenvalue weighted by molar-refractivity contribution is 7.98. The SMILES string of the molecule is COc1ccc(NC(=O)[C@@H](C)OC(=O)/C=C/c2ccc(SC)cc2)cc1Cl. The lowest BCUT2D eigenvalue weighted by molar-refractivity contribution is -0.148. The first-order valence-corrected chi connectivity index (χ1v) is 9.70. The number of hydrogen-bond acceptors (Lipinski definition) is 5. The molecule has 1 atom stereocenters. The maximum absolute atomic E-state index is 12.2. The first kappa shape index (κ1) is 20.9. The fourth-order valence-electron chi connectivity index (χ4n) is 2.13. The summed E-state index contributed by atoms with van der Waals surface area (Å²) in [4.78, 5) is 25.2. The van der Waals surface area contributed by atoms with Gasteiger partial charge in [0.1, 0.15) is 5.75 Å². The number of rotatable bonds is 7. The Morgan fingerprint density at radius 2 is 1.89 bits per heavy atom. The Morgan fingerprint density at radius 3 is 2.48 bits per heavy atom. The van der Waals surface area contributed by atoms with Crippen molar-refractivity contribution in [3.63, 3.8) is 0 Å². The second-order valence-electron chi connectivity index (χ2n) is 5.52. The number of methoxy groups -OCH3 is 1. The van der Waals surface area contributed by atoms with Crippen LogP contribution in [0, 0.1) is 0 Å². The number of carbonyl (C=O) groups is 2. The van der Waals surface area contributed by atoms with Gasteiger partial charge in [-0.05, 0) is 55.2 Å². The zero-order valence-corrected chi connectivity index (χ0v) is 16.8. The summed E-state index contributed by atoms with van der Waals surface area (Å²) < 4.78 is 10.2. The van der Waals surface area contributed by atoms with Crippen molar-refractivity contribution >= 4 is 47.0 Å². The quantitative estimate of drug-likeness (QED) is 0.412. The molecule has 0 aliphatic heterocycles. The summed E-state index contributed by atoms with van der Waals surface area (Å²) in [6, 6.07) is 12.6. The van der Waals surface area contributed by atoms with Gasteiger partial charge in [-0.15, -0.1) is 11.8 Å². The molecule has 142 valence electrons. The van der Waals surface area contributed by atoms with E-state index < -0.39 is 18.0 Å². The first-order valence-electron chi connectivity index (χ1n) is 8.10. The molecule has 0 unspecified atom stereocenters. The molecule has 1 N–H and O–H groups in total. The monoisotopic (exact) mass is 405 g/mol. The lowest BCUT2D eigenvalue weighted by atomic mass is 10.2. The number of nitrogens with one attached hydrogen (secondary N) is 1. The number of thioether (sulfide) groups is 1. The van der Waals surface area contributed by atoms with Crippen LogP contribution in [-0.2, 0) is 14.3 Å². The molecule has 0 radical (unpaired) electrons. The Balaban J connectivity index is 1.89. The van der Waals surface area contributed by atoms with Crippen LogP contribution in [0.25, 0.3) is 6.08 Å². The topological polar surface area (TPSA) is 64.6 Å². The average Bonchev–Trinajstić information content (AvgIpc) is 2.66. The third-order valence-corrected chi connectivity index (χ3v) is 4.65. The van der Waals surface area contributed by atoms with Crippen molar-refractivity contribution in [2.24, 2.45) is 0 Å². The standard InChI is InChI=1S/C20H20ClNO4S/c1-13(20(24)22-15-7-10-18(25-2)17(21)12-15)26-19(23)11-6-14-4-8-16(27-3)9-5-14/h4-13H,1-3H3,(H,22,24)/b11-6+/t13-/m1/s1. The van der Waals surface area contributed by atoms with E-state index in [1.807, 2.05) is 30.5 Å². The molecule has 0 aliphatic rings. The molecule has 1 amide bonds. The molecule has 0 saturated carbocycles. The van der Waals surface area contributed by atoms with Gasteiger partial charge in [-0.25, -0.2) is 4.79 Å². The number of benzene rings is 2. The third kappa shape index (κ3) is 6.34. The van der Waals surface area contributed by atoms with Gasteiger partial charge < -0.3 is 14.8 Å². The minimum Gasteiger partial charge on any atom is -0.495 e. The Bertz CT molecular complexity index is 836. The van der Waals surface area contributed by atoms with Crippen LogP contribution in [0.3, 0.4) is 0 Å². The Kier molecular flexibility index (Phi) is 7.76. The number of ether oxygens (including phenoxy) is 2. The molecule has 5 nitrogen and oxygen atoms in total. The molecular formula is C20H20ClNO4S. The lowest BCUT2D eigenvalue weighted by Gasteiger charge is -2.13. The van der Waals surface area contributed by atoms with Crippen LogP contribution < -0.4 is 10.1 Å². The van der Waals surface area contributed by atoms with Crippen molar-refractivity contribution in [2.75, 3.05) is 18.7 Å². The molecule has 27 heavy (non-hydrogen) atoms. The van der Waals surface area contributed by atoms with Gasteiger partial charge in [-0.2, -0.15) is 0 Å². The van der Waals surface area contributed by atoms with E-state index in [0.29, 0.717) is 16.5 Å². The lowest BCUT2D eigenvalue weighted by Crippen LogP contribution is -2.29. The van der Waals surface area contributed by atoms with E-state index in [0.717, 1.165) is 10.5 Å². The number of anilines is 1. The van der Waals surface area contributed by atoms with Crippen LogP contribution in [0.4, 0.5) is 5.69 Å². The molecule has 2 rings (SSSR count). The molecule has 0 aromatic heterocycles. The average molecular weight is 406 g/mol. The Labute approximate surface area is 167 Å². The number of halogens is 1. The number of esters is 1. The highest BCUT2D eigenvalue weighted by Gasteiger charge is 2.17. The predicted octanol–water partition coefficient (Wildman–Crippen LogP) is 4.65. The van der Waals surface area contributed by atoms with Crippen LogP contribution in [-0.4, -0.2) is 31.3 Å². The van der Waals surface area contributed by atoms with Crippen LogP contribution in [0.15, 0.2) is 53.4 Å². The summed E-state index contributed by atoms with van der Waals surface area (Å²) in [5.41, 5.74) is 1.35. The van der Waals surface area contributed by atoms with Crippen LogP contribution >= 0.6 is 23.4 Å². The molecule has 0 bridgehead atoms. The first-order chi connectivity index (χ1) is 12.9. The predicted molar refractivity (Wildman–Crippen MR) is 109 cm³/mol. The van der Waals surface area contributed by atoms with Crippen molar-refractivity contribution in [2.45, 2.75) is 17.9 Å². The van der Waals surface area contributed by atoms with Crippen molar-refractivity contribution in [1.82, 2.24) is 0 Å². The summed E-state index contributed by atoms with van der Waals surface area (Å²) >= 11 is 7.66. The van der Waals surface area contributed by atoms with E-state index >= 15 is 0 Å². The van der Waals surface area contributed by atoms with Crippen LogP contribution in [0.2, 0.25) is 5.02 Å². The Hall–Kier alpha value is -2.44. The van der Waals surface area contributed by atoms with E-state index in [2.05, 4.69) is 5.32 Å². The largest absolute Gasteiger partial charge is 0.495 e. The molecule has 0 fully saturated rings. The van der Waals surface area contributed by atoms with Crippen LogP contribution in [0.5, 0.6) is 5.75 Å². The van der Waals surface area contributed by atoms with Gasteiger partial charge in [0.15, 0.2) is 6.10 Å².